The van der Waals surface area contributed by atoms with E-state index in [-0.39, 0.29) is 11.7 Å². The molecule has 2 heterocycles. The molecule has 5 heteroatoms. The molecular weight excluding hydrogens is 372 g/mol. The number of carbonyl (C=O) groups excluding carboxylic acids is 2. The predicted octanol–water partition coefficient (Wildman–Crippen LogP) is 4.36. The molecule has 2 aromatic rings. The Morgan fingerprint density at radius 1 is 1.18 bits per heavy atom. The quantitative estimate of drug-likeness (QED) is 0.764. The molecule has 0 aromatic heterocycles. The molecule has 0 bridgehead atoms. The summed E-state index contributed by atoms with van der Waals surface area (Å²) in [6.45, 7) is 2.30. The van der Waals surface area contributed by atoms with Crippen LogP contribution in [-0.4, -0.2) is 36.2 Å². The summed E-state index contributed by atoms with van der Waals surface area (Å²) < 4.78 is 0. The van der Waals surface area contributed by atoms with Crippen LogP contribution < -0.4 is 5.32 Å². The Bertz CT molecular complexity index is 882. The molecule has 1 atom stereocenters. The predicted molar refractivity (Wildman–Crippen MR) is 112 cm³/mol. The van der Waals surface area contributed by atoms with Gasteiger partial charge < -0.3 is 5.32 Å². The number of fused-ring (bicyclic) bond motifs is 1. The minimum absolute atomic E-state index is 0.000387. The molecule has 2 aliphatic rings. The molecule has 1 unspecified atom stereocenters. The van der Waals surface area contributed by atoms with Crippen LogP contribution >= 0.6 is 11.6 Å². The molecule has 4 nitrogen and oxygen atoms in total. The lowest BCUT2D eigenvalue weighted by Crippen LogP contribution is -2.39. The Balaban J connectivity index is 1.41. The maximum atomic E-state index is 12.9. The first kappa shape index (κ1) is 19.2. The van der Waals surface area contributed by atoms with Gasteiger partial charge in [-0.25, -0.2) is 0 Å². The van der Waals surface area contributed by atoms with Gasteiger partial charge in [-0.1, -0.05) is 41.9 Å². The molecule has 1 N–H and O–H groups in total. The summed E-state index contributed by atoms with van der Waals surface area (Å²) in [6.07, 6.45) is 4.50. The lowest BCUT2D eigenvalue weighted by atomic mass is 9.91. The van der Waals surface area contributed by atoms with Gasteiger partial charge in [-0.05, 0) is 61.4 Å². The highest BCUT2D eigenvalue weighted by Crippen LogP contribution is 2.30. The number of amides is 1. The summed E-state index contributed by atoms with van der Waals surface area (Å²) in [5.41, 5.74) is 3.66. The van der Waals surface area contributed by atoms with Gasteiger partial charge in [0, 0.05) is 24.2 Å². The van der Waals surface area contributed by atoms with Crippen LogP contribution in [0.2, 0.25) is 5.02 Å². The number of likely N-dealkylation sites (tertiary alicyclic amines) is 1. The van der Waals surface area contributed by atoms with Crippen LogP contribution in [0, 0.1) is 5.92 Å². The zero-order valence-electron chi connectivity index (χ0n) is 15.9. The number of hydrogen-bond donors (Lipinski definition) is 1. The van der Waals surface area contributed by atoms with Gasteiger partial charge in [0.25, 0.3) is 0 Å². The smallest absolute Gasteiger partial charge is 0.224 e. The lowest BCUT2D eigenvalue weighted by molar-refractivity contribution is -0.116. The van der Waals surface area contributed by atoms with Crippen LogP contribution in [0.25, 0.3) is 0 Å². The molecule has 28 heavy (non-hydrogen) atoms. The van der Waals surface area contributed by atoms with Crippen LogP contribution in [0.5, 0.6) is 0 Å². The number of benzene rings is 2. The van der Waals surface area contributed by atoms with Crippen molar-refractivity contribution in [3.8, 4) is 0 Å². The number of hydrogen-bond acceptors (Lipinski definition) is 3. The first-order chi connectivity index (χ1) is 13.6. The number of carbonyl (C=O) groups is 2. The average molecular weight is 397 g/mol. The zero-order valence-corrected chi connectivity index (χ0v) is 16.7. The molecule has 0 saturated carbocycles. The highest BCUT2D eigenvalue weighted by atomic mass is 35.5. The second-order valence-electron chi connectivity index (χ2n) is 7.89. The third-order valence-corrected chi connectivity index (χ3v) is 6.04. The van der Waals surface area contributed by atoms with Gasteiger partial charge >= 0.3 is 0 Å². The third-order valence-electron chi connectivity index (χ3n) is 5.73. The molecule has 0 spiro atoms. The number of nitrogens with one attached hydrogen (secondary N) is 1. The van der Waals surface area contributed by atoms with Crippen molar-refractivity contribution >= 4 is 29.0 Å². The van der Waals surface area contributed by atoms with E-state index >= 15 is 0 Å². The van der Waals surface area contributed by atoms with Crippen molar-refractivity contribution in [2.75, 3.05) is 25.0 Å². The van der Waals surface area contributed by atoms with Crippen LogP contribution in [0.1, 0.15) is 40.7 Å². The largest absolute Gasteiger partial charge is 0.326 e. The summed E-state index contributed by atoms with van der Waals surface area (Å²) in [7, 11) is 0. The Morgan fingerprint density at radius 3 is 2.82 bits per heavy atom. The van der Waals surface area contributed by atoms with Gasteiger partial charge in [-0.2, -0.15) is 0 Å². The van der Waals surface area contributed by atoms with Crippen molar-refractivity contribution in [3.63, 3.8) is 0 Å². The van der Waals surface area contributed by atoms with Crippen molar-refractivity contribution < 1.29 is 9.59 Å². The van der Waals surface area contributed by atoms with Crippen LogP contribution in [0.4, 0.5) is 5.69 Å². The Morgan fingerprint density at radius 2 is 2.00 bits per heavy atom. The molecule has 4 rings (SSSR count). The van der Waals surface area contributed by atoms with E-state index in [4.69, 9.17) is 11.6 Å². The SMILES string of the molecule is O=C1CCc2cc(C(=O)CN3CCCC(Cc4ccccc4)C3)c(Cl)cc2N1. The van der Waals surface area contributed by atoms with Crippen molar-refractivity contribution in [1.82, 2.24) is 4.90 Å². The number of piperidine rings is 1. The Labute approximate surface area is 170 Å². The van der Waals surface area contributed by atoms with Crippen molar-refractivity contribution in [3.05, 3.63) is 64.2 Å². The van der Waals surface area contributed by atoms with Gasteiger partial charge in [-0.3, -0.25) is 14.5 Å². The number of rotatable bonds is 5. The van der Waals surface area contributed by atoms with E-state index in [1.165, 1.54) is 12.0 Å². The minimum Gasteiger partial charge on any atom is -0.326 e. The summed E-state index contributed by atoms with van der Waals surface area (Å²) in [4.78, 5) is 26.7. The number of anilines is 1. The van der Waals surface area contributed by atoms with Gasteiger partial charge in [0.1, 0.15) is 0 Å². The third kappa shape index (κ3) is 4.45. The average Bonchev–Trinajstić information content (AvgIpc) is 2.68. The van der Waals surface area contributed by atoms with E-state index in [1.54, 1.807) is 6.07 Å². The van der Waals surface area contributed by atoms with E-state index in [2.05, 4.69) is 34.5 Å². The molecule has 2 aliphatic heterocycles. The van der Waals surface area contributed by atoms with E-state index in [0.717, 1.165) is 37.2 Å². The maximum Gasteiger partial charge on any atom is 0.224 e. The molecular formula is C23H25ClN2O2. The van der Waals surface area contributed by atoms with Crippen molar-refractivity contribution in [2.45, 2.75) is 32.1 Å². The van der Waals surface area contributed by atoms with E-state index in [1.807, 2.05) is 12.1 Å². The van der Waals surface area contributed by atoms with E-state index in [0.29, 0.717) is 35.9 Å². The number of ketones is 1. The molecule has 2 aromatic carbocycles. The summed E-state index contributed by atoms with van der Waals surface area (Å²) in [6, 6.07) is 14.1. The second kappa shape index (κ2) is 8.46. The van der Waals surface area contributed by atoms with Gasteiger partial charge in [0.05, 0.1) is 11.6 Å². The fraction of sp³-hybridized carbons (Fsp3) is 0.391. The monoisotopic (exact) mass is 396 g/mol. The molecule has 0 aliphatic carbocycles. The number of aryl methyl sites for hydroxylation is 1. The molecule has 0 radical (unpaired) electrons. The van der Waals surface area contributed by atoms with Crippen molar-refractivity contribution in [2.24, 2.45) is 5.92 Å². The standard InChI is InChI=1S/C23H25ClN2O2/c24-20-13-21-18(8-9-23(28)25-21)12-19(20)22(27)15-26-10-4-7-17(14-26)11-16-5-2-1-3-6-16/h1-3,5-6,12-13,17H,4,7-11,14-15H2,(H,25,28). The lowest BCUT2D eigenvalue weighted by Gasteiger charge is -2.32. The van der Waals surface area contributed by atoms with Crippen LogP contribution in [0.3, 0.4) is 0 Å². The summed E-state index contributed by atoms with van der Waals surface area (Å²) >= 11 is 6.37. The van der Waals surface area contributed by atoms with Gasteiger partial charge in [0.2, 0.25) is 5.91 Å². The van der Waals surface area contributed by atoms with Crippen LogP contribution in [0.15, 0.2) is 42.5 Å². The fourth-order valence-electron chi connectivity index (χ4n) is 4.31. The normalized spacial score (nSPS) is 19.8. The molecule has 146 valence electrons. The zero-order chi connectivity index (χ0) is 19.5. The Hall–Kier alpha value is -2.17. The number of halogens is 1. The molecule has 1 saturated heterocycles. The summed E-state index contributed by atoms with van der Waals surface area (Å²) in [5, 5.41) is 3.25. The Kier molecular flexibility index (Phi) is 5.79. The topological polar surface area (TPSA) is 49.4 Å². The first-order valence-electron chi connectivity index (χ1n) is 10.0. The number of Topliss-reactive ketones (excluding diaryl/α,β-unsaturated/α-hetero) is 1. The van der Waals surface area contributed by atoms with Crippen LogP contribution in [-0.2, 0) is 17.6 Å². The summed E-state index contributed by atoms with van der Waals surface area (Å²) in [5.74, 6) is 0.642. The highest BCUT2D eigenvalue weighted by Gasteiger charge is 2.24. The van der Waals surface area contributed by atoms with Gasteiger partial charge in [-0.15, -0.1) is 0 Å². The fourth-order valence-corrected chi connectivity index (χ4v) is 4.58. The first-order valence-corrected chi connectivity index (χ1v) is 10.4. The molecule has 1 amide bonds. The second-order valence-corrected chi connectivity index (χ2v) is 8.30. The van der Waals surface area contributed by atoms with Crippen molar-refractivity contribution in [1.29, 1.82) is 0 Å². The van der Waals surface area contributed by atoms with Gasteiger partial charge in [0.15, 0.2) is 5.78 Å². The number of nitrogens with zero attached hydrogens (tertiary/aromatic N) is 1. The van der Waals surface area contributed by atoms with E-state index < -0.39 is 0 Å². The maximum absolute atomic E-state index is 12.9. The molecule has 1 fully saturated rings. The van der Waals surface area contributed by atoms with E-state index in [9.17, 15) is 9.59 Å². The highest BCUT2D eigenvalue weighted by molar-refractivity contribution is 6.34. The minimum atomic E-state index is 0.000387.